The molecule has 1 saturated carbocycles. The third-order valence-corrected chi connectivity index (χ3v) is 5.97. The van der Waals surface area contributed by atoms with Gasteiger partial charge in [-0.3, -0.25) is 4.79 Å². The zero-order valence-corrected chi connectivity index (χ0v) is 17.8. The normalized spacial score (nSPS) is 29.6. The van der Waals surface area contributed by atoms with Gasteiger partial charge in [-0.15, -0.1) is 0 Å². The molecule has 1 aliphatic heterocycles. The van der Waals surface area contributed by atoms with E-state index in [1.807, 2.05) is 0 Å². The Morgan fingerprint density at radius 2 is 1.90 bits per heavy atom. The van der Waals surface area contributed by atoms with Crippen molar-refractivity contribution in [1.82, 2.24) is 0 Å². The van der Waals surface area contributed by atoms with Gasteiger partial charge in [-0.05, 0) is 32.1 Å². The predicted molar refractivity (Wildman–Crippen MR) is 103 cm³/mol. The molecule has 1 saturated heterocycles. The van der Waals surface area contributed by atoms with Crippen LogP contribution in [0, 0.1) is 11.8 Å². The van der Waals surface area contributed by atoms with Crippen LogP contribution in [0.5, 0.6) is 0 Å². The average Bonchev–Trinajstić information content (AvgIpc) is 3.02. The fraction of sp³-hybridized carbons (Fsp3) is 0.905. The SMILES string of the molecule is COC(=O)C(F)(F)CCCCC[C@@H]1[C@@H](CO)[C@H](OC2CCCCO2)C[C@@H]1OC(C)=O. The number of hydrogen-bond donors (Lipinski definition) is 1. The van der Waals surface area contributed by atoms with Crippen molar-refractivity contribution in [3.63, 3.8) is 0 Å². The summed E-state index contributed by atoms with van der Waals surface area (Å²) in [5, 5.41) is 9.97. The summed E-state index contributed by atoms with van der Waals surface area (Å²) in [5.74, 6) is -5.72. The van der Waals surface area contributed by atoms with Crippen LogP contribution in [-0.4, -0.2) is 61.8 Å². The first-order valence-corrected chi connectivity index (χ1v) is 10.8. The maximum absolute atomic E-state index is 13.5. The number of ether oxygens (including phenoxy) is 4. The first-order chi connectivity index (χ1) is 14.3. The summed E-state index contributed by atoms with van der Waals surface area (Å²) in [5.41, 5.74) is 0. The van der Waals surface area contributed by atoms with Gasteiger partial charge < -0.3 is 24.1 Å². The smallest absolute Gasteiger partial charge is 0.376 e. The summed E-state index contributed by atoms with van der Waals surface area (Å²) in [6.07, 6.45) is 3.65. The van der Waals surface area contributed by atoms with E-state index >= 15 is 0 Å². The van der Waals surface area contributed by atoms with E-state index in [0.29, 0.717) is 32.3 Å². The Morgan fingerprint density at radius 3 is 2.50 bits per heavy atom. The van der Waals surface area contributed by atoms with E-state index in [9.17, 15) is 23.5 Å². The second-order valence-corrected chi connectivity index (χ2v) is 8.16. The fourth-order valence-electron chi connectivity index (χ4n) is 4.46. The second-order valence-electron chi connectivity index (χ2n) is 8.16. The van der Waals surface area contributed by atoms with E-state index in [4.69, 9.17) is 14.2 Å². The summed E-state index contributed by atoms with van der Waals surface area (Å²) in [6.45, 7) is 1.88. The van der Waals surface area contributed by atoms with Crippen LogP contribution < -0.4 is 0 Å². The van der Waals surface area contributed by atoms with Crippen LogP contribution in [-0.2, 0) is 28.5 Å². The van der Waals surface area contributed by atoms with Crippen LogP contribution in [0.1, 0.15) is 64.7 Å². The van der Waals surface area contributed by atoms with E-state index in [0.717, 1.165) is 26.4 Å². The number of carbonyl (C=O) groups excluding carboxylic acids is 2. The van der Waals surface area contributed by atoms with E-state index in [2.05, 4.69) is 4.74 Å². The topological polar surface area (TPSA) is 91.3 Å². The number of aliphatic hydroxyl groups is 1. The second kappa shape index (κ2) is 11.9. The molecular formula is C21H34F2O7. The lowest BCUT2D eigenvalue weighted by molar-refractivity contribution is -0.198. The van der Waals surface area contributed by atoms with Crippen LogP contribution in [0.15, 0.2) is 0 Å². The average molecular weight is 436 g/mol. The summed E-state index contributed by atoms with van der Waals surface area (Å²) >= 11 is 0. The highest BCUT2D eigenvalue weighted by atomic mass is 19.3. The van der Waals surface area contributed by atoms with Crippen LogP contribution in [0.25, 0.3) is 0 Å². The Hall–Kier alpha value is -1.32. The minimum absolute atomic E-state index is 0.111. The third kappa shape index (κ3) is 7.13. The lowest BCUT2D eigenvalue weighted by Crippen LogP contribution is -2.33. The zero-order chi connectivity index (χ0) is 22.1. The van der Waals surface area contributed by atoms with Crippen molar-refractivity contribution in [2.45, 2.75) is 89.1 Å². The maximum atomic E-state index is 13.5. The first kappa shape index (κ1) is 24.9. The molecule has 2 rings (SSSR count). The maximum Gasteiger partial charge on any atom is 0.376 e. The third-order valence-electron chi connectivity index (χ3n) is 5.97. The minimum Gasteiger partial charge on any atom is -0.465 e. The molecular weight excluding hydrogens is 402 g/mol. The van der Waals surface area contributed by atoms with Gasteiger partial charge >= 0.3 is 17.9 Å². The lowest BCUT2D eigenvalue weighted by atomic mass is 9.89. The van der Waals surface area contributed by atoms with Gasteiger partial charge in [0, 0.05) is 44.8 Å². The number of hydrogen-bond acceptors (Lipinski definition) is 7. The van der Waals surface area contributed by atoms with E-state index in [-0.39, 0.29) is 43.4 Å². The lowest BCUT2D eigenvalue weighted by Gasteiger charge is -2.29. The molecule has 0 aromatic heterocycles. The molecule has 1 aliphatic carbocycles. The van der Waals surface area contributed by atoms with Gasteiger partial charge in [0.1, 0.15) is 6.10 Å². The molecule has 9 heteroatoms. The molecule has 1 heterocycles. The standard InChI is InChI=1S/C21H34F2O7/c1-14(25)29-17-12-18(30-19-9-5-7-11-28-19)16(13-24)15(17)8-4-3-6-10-21(22,23)20(26)27-2/h15-19,24H,3-13H2,1-2H3/t15-,16-,17+,18-,19?/m1/s1. The number of halogens is 2. The van der Waals surface area contributed by atoms with Crippen molar-refractivity contribution in [2.24, 2.45) is 11.8 Å². The van der Waals surface area contributed by atoms with Gasteiger partial charge in [-0.1, -0.05) is 12.8 Å². The molecule has 0 bridgehead atoms. The highest BCUT2D eigenvalue weighted by molar-refractivity contribution is 5.77. The van der Waals surface area contributed by atoms with E-state index in [1.165, 1.54) is 6.92 Å². The summed E-state index contributed by atoms with van der Waals surface area (Å²) in [7, 11) is 0.942. The monoisotopic (exact) mass is 436 g/mol. The summed E-state index contributed by atoms with van der Waals surface area (Å²) in [6, 6.07) is 0. The molecule has 0 spiro atoms. The fourth-order valence-corrected chi connectivity index (χ4v) is 4.46. The van der Waals surface area contributed by atoms with Crippen molar-refractivity contribution >= 4 is 11.9 Å². The number of carbonyl (C=O) groups is 2. The van der Waals surface area contributed by atoms with Crippen molar-refractivity contribution in [1.29, 1.82) is 0 Å². The van der Waals surface area contributed by atoms with Gasteiger partial charge in [0.15, 0.2) is 6.29 Å². The number of rotatable bonds is 11. The van der Waals surface area contributed by atoms with Crippen molar-refractivity contribution < 1.29 is 42.4 Å². The Balaban J connectivity index is 1.88. The van der Waals surface area contributed by atoms with E-state index in [1.54, 1.807) is 0 Å². The highest BCUT2D eigenvalue weighted by Crippen LogP contribution is 2.40. The predicted octanol–water partition coefficient (Wildman–Crippen LogP) is 3.22. The number of methoxy groups -OCH3 is 1. The molecule has 0 radical (unpaired) electrons. The van der Waals surface area contributed by atoms with Gasteiger partial charge in [0.2, 0.25) is 0 Å². The Labute approximate surface area is 176 Å². The molecule has 2 fully saturated rings. The van der Waals surface area contributed by atoms with Gasteiger partial charge in [0.25, 0.3) is 0 Å². The largest absolute Gasteiger partial charge is 0.465 e. The molecule has 0 amide bonds. The van der Waals surface area contributed by atoms with Crippen molar-refractivity contribution in [3.05, 3.63) is 0 Å². The molecule has 5 atom stereocenters. The zero-order valence-electron chi connectivity index (χ0n) is 17.8. The van der Waals surface area contributed by atoms with Gasteiger partial charge in [-0.25, -0.2) is 4.79 Å². The molecule has 1 N–H and O–H groups in total. The molecule has 30 heavy (non-hydrogen) atoms. The molecule has 2 aliphatic rings. The van der Waals surface area contributed by atoms with Crippen molar-refractivity contribution in [3.8, 4) is 0 Å². The number of aliphatic hydroxyl groups excluding tert-OH is 1. The molecule has 174 valence electrons. The van der Waals surface area contributed by atoms with Gasteiger partial charge in [-0.2, -0.15) is 8.78 Å². The number of unbranched alkanes of at least 4 members (excludes halogenated alkanes) is 2. The van der Waals surface area contributed by atoms with E-state index < -0.39 is 24.3 Å². The highest BCUT2D eigenvalue weighted by Gasteiger charge is 2.46. The quantitative estimate of drug-likeness (QED) is 0.393. The molecule has 0 aromatic rings. The Bertz CT molecular complexity index is 551. The molecule has 7 nitrogen and oxygen atoms in total. The van der Waals surface area contributed by atoms with Crippen molar-refractivity contribution in [2.75, 3.05) is 20.3 Å². The van der Waals surface area contributed by atoms with Crippen LogP contribution >= 0.6 is 0 Å². The van der Waals surface area contributed by atoms with Crippen LogP contribution in [0.3, 0.4) is 0 Å². The number of esters is 2. The first-order valence-electron chi connectivity index (χ1n) is 10.8. The van der Waals surface area contributed by atoms with Crippen LogP contribution in [0.4, 0.5) is 8.78 Å². The summed E-state index contributed by atoms with van der Waals surface area (Å²) in [4.78, 5) is 22.6. The summed E-state index contributed by atoms with van der Waals surface area (Å²) < 4.78 is 48.4. The molecule has 0 aromatic carbocycles. The Morgan fingerprint density at radius 1 is 1.13 bits per heavy atom. The van der Waals surface area contributed by atoms with Crippen LogP contribution in [0.2, 0.25) is 0 Å². The molecule has 1 unspecified atom stereocenters. The minimum atomic E-state index is -3.48. The van der Waals surface area contributed by atoms with Gasteiger partial charge in [0.05, 0.1) is 13.2 Å². The number of alkyl halides is 2. The Kier molecular flexibility index (Phi) is 9.90.